The molecule has 3 N–H and O–H groups in total. The van der Waals surface area contributed by atoms with Crippen molar-refractivity contribution in [3.8, 4) is 11.1 Å². The van der Waals surface area contributed by atoms with Gasteiger partial charge >= 0.3 is 12.1 Å². The number of carboxylic acid groups (broad SMARTS) is 1. The Kier molecular flexibility index (Phi) is 7.31. The molecular weight excluding hydrogens is 512 g/mol. The minimum absolute atomic E-state index is 0.0221. The van der Waals surface area contributed by atoms with Gasteiger partial charge in [-0.15, -0.1) is 0 Å². The van der Waals surface area contributed by atoms with Crippen LogP contribution >= 0.6 is 15.9 Å². The second kappa shape index (κ2) is 10.6. The van der Waals surface area contributed by atoms with E-state index >= 15 is 0 Å². The van der Waals surface area contributed by atoms with Gasteiger partial charge in [-0.1, -0.05) is 70.5 Å². The number of rotatable bonds is 7. The van der Waals surface area contributed by atoms with Crippen LogP contribution in [0.25, 0.3) is 11.1 Å². The summed E-state index contributed by atoms with van der Waals surface area (Å²) in [7, 11) is 0. The van der Waals surface area contributed by atoms with Crippen molar-refractivity contribution >= 4 is 39.6 Å². The lowest BCUT2D eigenvalue weighted by molar-refractivity contribution is -0.112. The fraction of sp³-hybridized carbons (Fsp3) is 0.148. The molecule has 8 heteroatoms. The maximum absolute atomic E-state index is 12.5. The predicted octanol–water partition coefficient (Wildman–Crippen LogP) is 5.57. The highest BCUT2D eigenvalue weighted by molar-refractivity contribution is 9.10. The zero-order chi connectivity index (χ0) is 24.9. The van der Waals surface area contributed by atoms with E-state index in [1.807, 2.05) is 36.4 Å². The Balaban J connectivity index is 1.32. The standard InChI is InChI=1S/C27H23BrN2O5/c1-16(25(31)30-24-14-17(28)10-11-22(24)26(32)33)12-13-29-27(34)35-15-23-20-8-4-2-6-18(20)19-7-3-5-9-21(19)23/h2-12,14,23H,13,15H2,1H3,(H,29,34)(H,30,31)(H,32,33)/b16-12+. The molecule has 0 unspecified atom stereocenters. The van der Waals surface area contributed by atoms with Gasteiger partial charge in [0.05, 0.1) is 11.3 Å². The van der Waals surface area contributed by atoms with Crippen LogP contribution < -0.4 is 10.6 Å². The lowest BCUT2D eigenvalue weighted by Crippen LogP contribution is -2.27. The van der Waals surface area contributed by atoms with Crippen molar-refractivity contribution in [2.45, 2.75) is 12.8 Å². The van der Waals surface area contributed by atoms with E-state index in [-0.39, 0.29) is 30.3 Å². The van der Waals surface area contributed by atoms with Crippen molar-refractivity contribution < 1.29 is 24.2 Å². The predicted molar refractivity (Wildman–Crippen MR) is 137 cm³/mol. The molecule has 0 bridgehead atoms. The van der Waals surface area contributed by atoms with Gasteiger partial charge in [-0.05, 0) is 47.4 Å². The fourth-order valence-corrected chi connectivity index (χ4v) is 4.42. The van der Waals surface area contributed by atoms with Crippen LogP contribution in [0.3, 0.4) is 0 Å². The highest BCUT2D eigenvalue weighted by Gasteiger charge is 2.28. The molecule has 0 aliphatic heterocycles. The number of hydrogen-bond donors (Lipinski definition) is 3. The number of anilines is 1. The molecule has 1 aliphatic rings. The number of fused-ring (bicyclic) bond motifs is 3. The molecule has 0 radical (unpaired) electrons. The second-order valence-corrected chi connectivity index (χ2v) is 8.96. The summed E-state index contributed by atoms with van der Waals surface area (Å²) in [5.41, 5.74) is 5.03. The van der Waals surface area contributed by atoms with Gasteiger partial charge in [0, 0.05) is 22.5 Å². The average molecular weight is 535 g/mol. The summed E-state index contributed by atoms with van der Waals surface area (Å²) >= 11 is 3.27. The van der Waals surface area contributed by atoms with Crippen LogP contribution in [0.5, 0.6) is 0 Å². The number of nitrogens with one attached hydrogen (secondary N) is 2. The summed E-state index contributed by atoms with van der Waals surface area (Å²) in [6.45, 7) is 1.86. The molecule has 7 nitrogen and oxygen atoms in total. The van der Waals surface area contributed by atoms with Crippen molar-refractivity contribution in [3.63, 3.8) is 0 Å². The highest BCUT2D eigenvalue weighted by atomic mass is 79.9. The monoisotopic (exact) mass is 534 g/mol. The topological polar surface area (TPSA) is 105 Å². The van der Waals surface area contributed by atoms with Crippen molar-refractivity contribution in [2.24, 2.45) is 0 Å². The van der Waals surface area contributed by atoms with E-state index in [4.69, 9.17) is 4.74 Å². The Labute approximate surface area is 210 Å². The van der Waals surface area contributed by atoms with Gasteiger partial charge in [0.2, 0.25) is 0 Å². The van der Waals surface area contributed by atoms with Gasteiger partial charge in [-0.25, -0.2) is 9.59 Å². The summed E-state index contributed by atoms with van der Waals surface area (Å²) in [6, 6.07) is 20.7. The molecule has 178 valence electrons. The van der Waals surface area contributed by atoms with E-state index in [9.17, 15) is 19.5 Å². The van der Waals surface area contributed by atoms with Crippen LogP contribution in [0.1, 0.15) is 34.3 Å². The fourth-order valence-electron chi connectivity index (χ4n) is 4.06. The Hall–Kier alpha value is -3.91. The molecular formula is C27H23BrN2O5. The van der Waals surface area contributed by atoms with E-state index in [0.29, 0.717) is 10.0 Å². The van der Waals surface area contributed by atoms with Gasteiger partial charge in [0.15, 0.2) is 0 Å². The van der Waals surface area contributed by atoms with Gasteiger partial charge in [-0.2, -0.15) is 0 Å². The second-order valence-electron chi connectivity index (χ2n) is 8.04. The van der Waals surface area contributed by atoms with Crippen molar-refractivity contribution in [3.05, 3.63) is 99.5 Å². The molecule has 1 aliphatic carbocycles. The van der Waals surface area contributed by atoms with Gasteiger partial charge < -0.3 is 20.5 Å². The molecule has 3 aromatic rings. The number of carbonyl (C=O) groups excluding carboxylic acids is 2. The van der Waals surface area contributed by atoms with Crippen LogP contribution in [0.4, 0.5) is 10.5 Å². The highest BCUT2D eigenvalue weighted by Crippen LogP contribution is 2.44. The molecule has 4 rings (SSSR count). The largest absolute Gasteiger partial charge is 0.478 e. The first-order chi connectivity index (χ1) is 16.8. The average Bonchev–Trinajstić information content (AvgIpc) is 3.16. The van der Waals surface area contributed by atoms with Gasteiger partial charge in [0.1, 0.15) is 6.61 Å². The molecule has 35 heavy (non-hydrogen) atoms. The normalized spacial score (nSPS) is 12.5. The number of benzene rings is 3. The molecule has 0 aromatic heterocycles. The summed E-state index contributed by atoms with van der Waals surface area (Å²) in [5.74, 6) is -1.66. The Bertz CT molecular complexity index is 1290. The molecule has 0 heterocycles. The number of ether oxygens (including phenoxy) is 1. The van der Waals surface area contributed by atoms with Crippen LogP contribution in [-0.2, 0) is 9.53 Å². The molecule has 0 saturated heterocycles. The van der Waals surface area contributed by atoms with Crippen LogP contribution in [0.15, 0.2) is 82.9 Å². The minimum Gasteiger partial charge on any atom is -0.478 e. The van der Waals surface area contributed by atoms with Crippen molar-refractivity contribution in [1.29, 1.82) is 0 Å². The number of halogens is 1. The molecule has 0 spiro atoms. The Morgan fingerprint density at radius 2 is 1.63 bits per heavy atom. The Morgan fingerprint density at radius 1 is 1.00 bits per heavy atom. The van der Waals surface area contributed by atoms with Crippen LogP contribution in [0.2, 0.25) is 0 Å². The molecule has 2 amide bonds. The van der Waals surface area contributed by atoms with Gasteiger partial charge in [0.25, 0.3) is 5.91 Å². The van der Waals surface area contributed by atoms with Crippen molar-refractivity contribution in [2.75, 3.05) is 18.5 Å². The van der Waals surface area contributed by atoms with E-state index in [1.165, 1.54) is 18.2 Å². The summed E-state index contributed by atoms with van der Waals surface area (Å²) in [6.07, 6.45) is 0.950. The van der Waals surface area contributed by atoms with Crippen molar-refractivity contribution in [1.82, 2.24) is 5.32 Å². The van der Waals surface area contributed by atoms with Crippen LogP contribution in [0, 0.1) is 0 Å². The van der Waals surface area contributed by atoms with Crippen LogP contribution in [-0.4, -0.2) is 36.2 Å². The molecule has 0 atom stereocenters. The molecule has 0 fully saturated rings. The number of amides is 2. The smallest absolute Gasteiger partial charge is 0.407 e. The summed E-state index contributed by atoms with van der Waals surface area (Å²) < 4.78 is 6.12. The number of aromatic carboxylic acids is 1. The first kappa shape index (κ1) is 24.2. The lowest BCUT2D eigenvalue weighted by Gasteiger charge is -2.14. The van der Waals surface area contributed by atoms with E-state index < -0.39 is 18.0 Å². The molecule has 3 aromatic carbocycles. The maximum Gasteiger partial charge on any atom is 0.407 e. The third kappa shape index (κ3) is 5.44. The van der Waals surface area contributed by atoms with E-state index in [0.717, 1.165) is 22.3 Å². The van der Waals surface area contributed by atoms with Gasteiger partial charge in [-0.3, -0.25) is 4.79 Å². The SMILES string of the molecule is C/C(=C\CNC(=O)OCC1c2ccccc2-c2ccccc21)C(=O)Nc1cc(Br)ccc1C(=O)O. The Morgan fingerprint density at radius 3 is 2.26 bits per heavy atom. The maximum atomic E-state index is 12.5. The zero-order valence-corrected chi connectivity index (χ0v) is 20.5. The van der Waals surface area contributed by atoms with E-state index in [1.54, 1.807) is 13.0 Å². The minimum atomic E-state index is -1.15. The third-order valence-electron chi connectivity index (χ3n) is 5.82. The first-order valence-corrected chi connectivity index (χ1v) is 11.7. The number of alkyl carbamates (subject to hydrolysis) is 1. The zero-order valence-electron chi connectivity index (χ0n) is 18.9. The van der Waals surface area contributed by atoms with E-state index in [2.05, 4.69) is 38.7 Å². The first-order valence-electron chi connectivity index (χ1n) is 10.9. The summed E-state index contributed by atoms with van der Waals surface area (Å²) in [4.78, 5) is 36.1. The number of hydrogen-bond acceptors (Lipinski definition) is 4. The molecule has 0 saturated carbocycles. The quantitative estimate of drug-likeness (QED) is 0.343. The number of carbonyl (C=O) groups is 3. The summed E-state index contributed by atoms with van der Waals surface area (Å²) in [5, 5.41) is 14.5. The lowest BCUT2D eigenvalue weighted by atomic mass is 9.98. The third-order valence-corrected chi connectivity index (χ3v) is 6.31. The number of carboxylic acids is 1.